The van der Waals surface area contributed by atoms with E-state index in [9.17, 15) is 5.11 Å². The van der Waals surface area contributed by atoms with Gasteiger partial charge in [-0.1, -0.05) is 44.9 Å². The number of rotatable bonds is 5. The highest BCUT2D eigenvalue weighted by Gasteiger charge is 2.29. The van der Waals surface area contributed by atoms with Crippen molar-refractivity contribution in [1.29, 1.82) is 0 Å². The molecule has 0 spiro atoms. The third-order valence-electron chi connectivity index (χ3n) is 4.38. The quantitative estimate of drug-likeness (QED) is 0.843. The zero-order chi connectivity index (χ0) is 13.7. The number of nitrogens with zero attached hydrogens (tertiary/aromatic N) is 1. The summed E-state index contributed by atoms with van der Waals surface area (Å²) in [6.07, 6.45) is 7.57. The van der Waals surface area contributed by atoms with E-state index in [0.717, 1.165) is 12.0 Å². The number of benzene rings is 1. The molecule has 19 heavy (non-hydrogen) atoms. The van der Waals surface area contributed by atoms with Crippen molar-refractivity contribution in [1.82, 2.24) is 4.90 Å². The smallest absolute Gasteiger partial charge is 0.120 e. The molecule has 2 heteroatoms. The first-order chi connectivity index (χ1) is 9.27. The lowest BCUT2D eigenvalue weighted by Crippen LogP contribution is -2.41. The maximum Gasteiger partial charge on any atom is 0.120 e. The van der Waals surface area contributed by atoms with Crippen molar-refractivity contribution < 1.29 is 5.11 Å². The second kappa shape index (κ2) is 6.95. The first kappa shape index (κ1) is 14.4. The molecule has 1 N–H and O–H groups in total. The van der Waals surface area contributed by atoms with Gasteiger partial charge in [-0.2, -0.15) is 0 Å². The maximum absolute atomic E-state index is 10.1. The predicted octanol–water partition coefficient (Wildman–Crippen LogP) is 4.50. The zero-order valence-corrected chi connectivity index (χ0v) is 12.3. The second-order valence-corrected chi connectivity index (χ2v) is 5.66. The fourth-order valence-corrected chi connectivity index (χ4v) is 3.48. The minimum absolute atomic E-state index is 0.373. The Hall–Kier alpha value is -1.02. The van der Waals surface area contributed by atoms with Gasteiger partial charge in [0.25, 0.3) is 0 Å². The molecule has 2 nitrogen and oxygen atoms in total. The van der Waals surface area contributed by atoms with E-state index in [1.807, 2.05) is 18.2 Å². The largest absolute Gasteiger partial charge is 0.508 e. The van der Waals surface area contributed by atoms with Crippen molar-refractivity contribution in [2.45, 2.75) is 64.5 Å². The summed E-state index contributed by atoms with van der Waals surface area (Å²) in [5, 5.41) is 10.1. The topological polar surface area (TPSA) is 23.5 Å². The Morgan fingerprint density at radius 3 is 2.74 bits per heavy atom. The molecular formula is C17H27NO. The molecule has 106 valence electrons. The SMILES string of the molecule is CCCC1CCCCN1C(CC)c1ccccc1O. The summed E-state index contributed by atoms with van der Waals surface area (Å²) in [4.78, 5) is 2.64. The number of phenolic OH excluding ortho intramolecular Hbond substituents is 1. The van der Waals surface area contributed by atoms with Gasteiger partial charge in [-0.05, 0) is 38.3 Å². The molecule has 0 saturated carbocycles. The van der Waals surface area contributed by atoms with Gasteiger partial charge in [0.05, 0.1) is 0 Å². The summed E-state index contributed by atoms with van der Waals surface area (Å²) in [6, 6.07) is 8.92. The molecular weight excluding hydrogens is 234 g/mol. The molecule has 0 aliphatic carbocycles. The van der Waals surface area contributed by atoms with E-state index >= 15 is 0 Å². The molecule has 1 aliphatic rings. The molecule has 0 radical (unpaired) electrons. The number of aromatic hydroxyl groups is 1. The van der Waals surface area contributed by atoms with E-state index in [4.69, 9.17) is 0 Å². The number of piperidine rings is 1. The van der Waals surface area contributed by atoms with E-state index < -0.39 is 0 Å². The van der Waals surface area contributed by atoms with Crippen LogP contribution in [0.3, 0.4) is 0 Å². The van der Waals surface area contributed by atoms with E-state index in [-0.39, 0.29) is 0 Å². The van der Waals surface area contributed by atoms with Gasteiger partial charge in [-0.3, -0.25) is 4.90 Å². The number of hydrogen-bond acceptors (Lipinski definition) is 2. The van der Waals surface area contributed by atoms with Crippen molar-refractivity contribution >= 4 is 0 Å². The highest BCUT2D eigenvalue weighted by molar-refractivity contribution is 5.34. The fourth-order valence-electron chi connectivity index (χ4n) is 3.48. The minimum Gasteiger partial charge on any atom is -0.508 e. The van der Waals surface area contributed by atoms with Crippen molar-refractivity contribution in [3.8, 4) is 5.75 Å². The second-order valence-electron chi connectivity index (χ2n) is 5.66. The monoisotopic (exact) mass is 261 g/mol. The Labute approximate surface area is 117 Å². The number of phenols is 1. The summed E-state index contributed by atoms with van der Waals surface area (Å²) in [5.74, 6) is 0.454. The highest BCUT2D eigenvalue weighted by atomic mass is 16.3. The van der Waals surface area contributed by atoms with Crippen molar-refractivity contribution in [2.75, 3.05) is 6.54 Å². The third-order valence-corrected chi connectivity index (χ3v) is 4.38. The lowest BCUT2D eigenvalue weighted by atomic mass is 9.92. The van der Waals surface area contributed by atoms with Crippen LogP contribution in [0.2, 0.25) is 0 Å². The lowest BCUT2D eigenvalue weighted by Gasteiger charge is -2.41. The highest BCUT2D eigenvalue weighted by Crippen LogP contribution is 2.36. The van der Waals surface area contributed by atoms with Crippen molar-refractivity contribution in [2.24, 2.45) is 0 Å². The van der Waals surface area contributed by atoms with Gasteiger partial charge in [0.1, 0.15) is 5.75 Å². The number of para-hydroxylation sites is 1. The fraction of sp³-hybridized carbons (Fsp3) is 0.647. The standard InChI is InChI=1S/C17H27NO/c1-3-9-14-10-7-8-13-18(14)16(4-2)15-11-5-6-12-17(15)19/h5-6,11-12,14,16,19H,3-4,7-10,13H2,1-2H3. The van der Waals surface area contributed by atoms with Crippen LogP contribution in [0.25, 0.3) is 0 Å². The van der Waals surface area contributed by atoms with Gasteiger partial charge in [0.15, 0.2) is 0 Å². The van der Waals surface area contributed by atoms with E-state index in [0.29, 0.717) is 17.8 Å². The van der Waals surface area contributed by atoms with Gasteiger partial charge in [0, 0.05) is 17.6 Å². The zero-order valence-electron chi connectivity index (χ0n) is 12.3. The first-order valence-electron chi connectivity index (χ1n) is 7.81. The summed E-state index contributed by atoms with van der Waals surface area (Å²) in [6.45, 7) is 5.68. The summed E-state index contributed by atoms with van der Waals surface area (Å²) in [5.41, 5.74) is 1.10. The average Bonchev–Trinajstić information content (AvgIpc) is 2.44. The van der Waals surface area contributed by atoms with E-state index in [1.165, 1.54) is 38.6 Å². The summed E-state index contributed by atoms with van der Waals surface area (Å²) < 4.78 is 0. The van der Waals surface area contributed by atoms with Crippen LogP contribution in [-0.4, -0.2) is 22.6 Å². The van der Waals surface area contributed by atoms with Crippen molar-refractivity contribution in [3.63, 3.8) is 0 Å². The van der Waals surface area contributed by atoms with Crippen LogP contribution in [0.15, 0.2) is 24.3 Å². The molecule has 2 unspecified atom stereocenters. The molecule has 1 aromatic carbocycles. The molecule has 1 aromatic rings. The van der Waals surface area contributed by atoms with Gasteiger partial charge in [-0.25, -0.2) is 0 Å². The predicted molar refractivity (Wildman–Crippen MR) is 80.4 cm³/mol. The maximum atomic E-state index is 10.1. The van der Waals surface area contributed by atoms with Crippen LogP contribution in [0.5, 0.6) is 5.75 Å². The molecule has 1 aliphatic heterocycles. The number of hydrogen-bond donors (Lipinski definition) is 1. The van der Waals surface area contributed by atoms with Crippen LogP contribution in [0.1, 0.15) is 64.0 Å². The molecule has 1 heterocycles. The van der Waals surface area contributed by atoms with Crippen LogP contribution < -0.4 is 0 Å². The van der Waals surface area contributed by atoms with E-state index in [2.05, 4.69) is 24.8 Å². The first-order valence-corrected chi connectivity index (χ1v) is 7.81. The Kier molecular flexibility index (Phi) is 5.26. The minimum atomic E-state index is 0.373. The summed E-state index contributed by atoms with van der Waals surface area (Å²) >= 11 is 0. The molecule has 1 fully saturated rings. The Morgan fingerprint density at radius 1 is 1.26 bits per heavy atom. The molecule has 0 bridgehead atoms. The van der Waals surface area contributed by atoms with Gasteiger partial charge >= 0.3 is 0 Å². The number of likely N-dealkylation sites (tertiary alicyclic amines) is 1. The Morgan fingerprint density at radius 2 is 2.05 bits per heavy atom. The molecule has 0 amide bonds. The summed E-state index contributed by atoms with van der Waals surface area (Å²) in [7, 11) is 0. The van der Waals surface area contributed by atoms with Gasteiger partial charge < -0.3 is 5.11 Å². The van der Waals surface area contributed by atoms with Crippen LogP contribution >= 0.6 is 0 Å². The van der Waals surface area contributed by atoms with Crippen LogP contribution in [0, 0.1) is 0 Å². The van der Waals surface area contributed by atoms with Gasteiger partial charge in [0.2, 0.25) is 0 Å². The third kappa shape index (κ3) is 3.30. The van der Waals surface area contributed by atoms with E-state index in [1.54, 1.807) is 0 Å². The molecule has 2 rings (SSSR count). The molecule has 1 saturated heterocycles. The normalized spacial score (nSPS) is 22.3. The average molecular weight is 261 g/mol. The van der Waals surface area contributed by atoms with Crippen LogP contribution in [-0.2, 0) is 0 Å². The van der Waals surface area contributed by atoms with Gasteiger partial charge in [-0.15, -0.1) is 0 Å². The Bertz CT molecular complexity index is 389. The van der Waals surface area contributed by atoms with Crippen molar-refractivity contribution in [3.05, 3.63) is 29.8 Å². The van der Waals surface area contributed by atoms with Crippen LogP contribution in [0.4, 0.5) is 0 Å². The molecule has 2 atom stereocenters. The molecule has 0 aromatic heterocycles. The Balaban J connectivity index is 2.22. The lowest BCUT2D eigenvalue weighted by molar-refractivity contribution is 0.0839.